The third-order valence-corrected chi connectivity index (χ3v) is 4.68. The van der Waals surface area contributed by atoms with Crippen LogP contribution in [0.25, 0.3) is 0 Å². The minimum Gasteiger partial charge on any atom is -0.452 e. The van der Waals surface area contributed by atoms with E-state index in [9.17, 15) is 18.4 Å². The average molecular weight is 421 g/mol. The molecule has 0 bridgehead atoms. The molecule has 0 saturated heterocycles. The Morgan fingerprint density at radius 2 is 1.92 bits per heavy atom. The fraction of sp³-hybridized carbons (Fsp3) is 0.188. The molecule has 1 aromatic heterocycles. The van der Waals surface area contributed by atoms with Crippen molar-refractivity contribution in [3.63, 3.8) is 0 Å². The number of halogens is 4. The Morgan fingerprint density at radius 3 is 2.54 bits per heavy atom. The highest BCUT2D eigenvalue weighted by molar-refractivity contribution is 7.99. The molecule has 0 saturated carbocycles. The molecule has 0 fully saturated rings. The Kier molecular flexibility index (Phi) is 7.19. The molecule has 0 spiro atoms. The van der Waals surface area contributed by atoms with Crippen molar-refractivity contribution in [2.45, 2.75) is 17.6 Å². The number of pyridine rings is 1. The molecule has 0 atom stereocenters. The zero-order chi connectivity index (χ0) is 19.3. The SMILES string of the molecule is Cc1c(Cl)cnc(NC(=O)COC(=O)c2ccc(SC(F)F)cc2)c1Cl. The van der Waals surface area contributed by atoms with E-state index >= 15 is 0 Å². The van der Waals surface area contributed by atoms with E-state index in [2.05, 4.69) is 10.3 Å². The van der Waals surface area contributed by atoms with Gasteiger partial charge in [0, 0.05) is 11.1 Å². The van der Waals surface area contributed by atoms with Crippen LogP contribution in [0.3, 0.4) is 0 Å². The topological polar surface area (TPSA) is 68.3 Å². The lowest BCUT2D eigenvalue weighted by atomic mass is 10.2. The van der Waals surface area contributed by atoms with Crippen LogP contribution in [0.4, 0.5) is 14.6 Å². The highest BCUT2D eigenvalue weighted by Gasteiger charge is 2.14. The maximum atomic E-state index is 12.2. The number of hydrogen-bond donors (Lipinski definition) is 1. The number of ether oxygens (including phenoxy) is 1. The maximum absolute atomic E-state index is 12.2. The Bertz CT molecular complexity index is 820. The van der Waals surface area contributed by atoms with Crippen LogP contribution in [0.15, 0.2) is 35.4 Å². The monoisotopic (exact) mass is 420 g/mol. The smallest absolute Gasteiger partial charge is 0.338 e. The first kappa shape index (κ1) is 20.4. The van der Waals surface area contributed by atoms with Crippen LogP contribution < -0.4 is 5.32 Å². The Balaban J connectivity index is 1.91. The predicted molar refractivity (Wildman–Crippen MR) is 96.2 cm³/mol. The van der Waals surface area contributed by atoms with Crippen molar-refractivity contribution in [1.82, 2.24) is 4.98 Å². The molecule has 0 aliphatic carbocycles. The number of hydrogen-bond acceptors (Lipinski definition) is 5. The number of aromatic nitrogens is 1. The van der Waals surface area contributed by atoms with Crippen LogP contribution in [0, 0.1) is 6.92 Å². The first-order valence-corrected chi connectivity index (χ1v) is 8.74. The number of thioether (sulfide) groups is 1. The van der Waals surface area contributed by atoms with Crippen molar-refractivity contribution in [2.24, 2.45) is 0 Å². The standard InChI is InChI=1S/C16H12Cl2F2N2O3S/c1-8-11(17)6-21-14(13(8)18)22-12(23)7-25-15(24)9-2-4-10(5-3-9)26-16(19)20/h2-6,16H,7H2,1H3,(H,21,22,23). The van der Waals surface area contributed by atoms with Crippen LogP contribution in [0.5, 0.6) is 0 Å². The number of carbonyl (C=O) groups is 2. The number of rotatable bonds is 6. The van der Waals surface area contributed by atoms with Crippen molar-refractivity contribution < 1.29 is 23.1 Å². The van der Waals surface area contributed by atoms with Crippen molar-refractivity contribution in [3.05, 3.63) is 51.6 Å². The zero-order valence-corrected chi connectivity index (χ0v) is 15.6. The summed E-state index contributed by atoms with van der Waals surface area (Å²) in [6, 6.07) is 5.42. The molecule has 0 unspecified atom stereocenters. The van der Waals surface area contributed by atoms with Gasteiger partial charge in [0.15, 0.2) is 12.4 Å². The lowest BCUT2D eigenvalue weighted by Gasteiger charge is -2.09. The van der Waals surface area contributed by atoms with Crippen LogP contribution in [0.2, 0.25) is 10.0 Å². The summed E-state index contributed by atoms with van der Waals surface area (Å²) in [5.74, 6) is -3.85. The second kappa shape index (κ2) is 9.16. The maximum Gasteiger partial charge on any atom is 0.338 e. The van der Waals surface area contributed by atoms with E-state index in [0.29, 0.717) is 27.2 Å². The van der Waals surface area contributed by atoms with Gasteiger partial charge in [-0.1, -0.05) is 35.0 Å². The summed E-state index contributed by atoms with van der Waals surface area (Å²) in [5.41, 5.74) is 0.687. The van der Waals surface area contributed by atoms with Gasteiger partial charge < -0.3 is 10.1 Å². The van der Waals surface area contributed by atoms with Crippen molar-refractivity contribution in [2.75, 3.05) is 11.9 Å². The van der Waals surface area contributed by atoms with Crippen LogP contribution in [0.1, 0.15) is 15.9 Å². The van der Waals surface area contributed by atoms with Gasteiger partial charge in [-0.3, -0.25) is 4.79 Å². The fourth-order valence-corrected chi connectivity index (χ4v) is 2.69. The quantitative estimate of drug-likeness (QED) is 0.536. The highest BCUT2D eigenvalue weighted by Crippen LogP contribution is 2.28. The van der Waals surface area contributed by atoms with Crippen molar-refractivity contribution >= 4 is 52.7 Å². The summed E-state index contributed by atoms with van der Waals surface area (Å²) in [6.45, 7) is 1.10. The lowest BCUT2D eigenvalue weighted by molar-refractivity contribution is -0.119. The van der Waals surface area contributed by atoms with E-state index in [1.54, 1.807) is 6.92 Å². The summed E-state index contributed by atoms with van der Waals surface area (Å²) >= 11 is 12.3. The number of esters is 1. The van der Waals surface area contributed by atoms with Gasteiger partial charge in [0.2, 0.25) is 0 Å². The number of benzene rings is 1. The molecule has 26 heavy (non-hydrogen) atoms. The second-order valence-electron chi connectivity index (χ2n) is 4.92. The van der Waals surface area contributed by atoms with Gasteiger partial charge in [-0.15, -0.1) is 0 Å². The average Bonchev–Trinajstić information content (AvgIpc) is 2.60. The second-order valence-corrected chi connectivity index (χ2v) is 6.77. The molecule has 2 rings (SSSR count). The third-order valence-electron chi connectivity index (χ3n) is 3.11. The van der Waals surface area contributed by atoms with Crippen LogP contribution >= 0.6 is 35.0 Å². The molecule has 0 radical (unpaired) electrons. The van der Waals surface area contributed by atoms with E-state index in [1.807, 2.05) is 0 Å². The summed E-state index contributed by atoms with van der Waals surface area (Å²) in [4.78, 5) is 28.0. The van der Waals surface area contributed by atoms with E-state index in [1.165, 1.54) is 30.5 Å². The number of nitrogens with one attached hydrogen (secondary N) is 1. The number of alkyl halides is 2. The van der Waals surface area contributed by atoms with Gasteiger partial charge in [-0.05, 0) is 36.8 Å². The van der Waals surface area contributed by atoms with Gasteiger partial charge in [0.25, 0.3) is 11.7 Å². The van der Waals surface area contributed by atoms with Crippen molar-refractivity contribution in [3.8, 4) is 0 Å². The minimum absolute atomic E-state index is 0.1000. The normalized spacial score (nSPS) is 10.7. The first-order valence-electron chi connectivity index (χ1n) is 7.10. The van der Waals surface area contributed by atoms with Gasteiger partial charge in [-0.25, -0.2) is 9.78 Å². The molecule has 1 aromatic carbocycles. The van der Waals surface area contributed by atoms with Gasteiger partial charge in [0.1, 0.15) is 0 Å². The molecule has 1 heterocycles. The molecule has 0 aliphatic rings. The molecule has 2 aromatic rings. The third kappa shape index (κ3) is 5.55. The van der Waals surface area contributed by atoms with Gasteiger partial charge >= 0.3 is 5.97 Å². The van der Waals surface area contributed by atoms with E-state index in [-0.39, 0.29) is 16.4 Å². The van der Waals surface area contributed by atoms with E-state index < -0.39 is 24.2 Å². The molecule has 138 valence electrons. The number of amides is 1. The van der Waals surface area contributed by atoms with E-state index in [0.717, 1.165) is 0 Å². The summed E-state index contributed by atoms with van der Waals surface area (Å²) in [7, 11) is 0. The van der Waals surface area contributed by atoms with Crippen LogP contribution in [-0.2, 0) is 9.53 Å². The summed E-state index contributed by atoms with van der Waals surface area (Å²) in [6.07, 6.45) is 1.34. The van der Waals surface area contributed by atoms with Crippen molar-refractivity contribution in [1.29, 1.82) is 0 Å². The zero-order valence-electron chi connectivity index (χ0n) is 13.3. The van der Waals surface area contributed by atoms with Gasteiger partial charge in [-0.2, -0.15) is 8.78 Å². The lowest BCUT2D eigenvalue weighted by Crippen LogP contribution is -2.21. The molecule has 10 heteroatoms. The largest absolute Gasteiger partial charge is 0.452 e. The molecular weight excluding hydrogens is 409 g/mol. The Hall–Kier alpha value is -1.90. The molecular formula is C16H12Cl2F2N2O3S. The number of nitrogens with zero attached hydrogens (tertiary/aromatic N) is 1. The predicted octanol–water partition coefficient (Wildman–Crippen LogP) is 4.81. The summed E-state index contributed by atoms with van der Waals surface area (Å²) in [5, 5.41) is 2.95. The van der Waals surface area contributed by atoms with E-state index in [4.69, 9.17) is 27.9 Å². The molecule has 5 nitrogen and oxygen atoms in total. The number of carbonyl (C=O) groups excluding carboxylic acids is 2. The minimum atomic E-state index is -2.55. The summed E-state index contributed by atoms with van der Waals surface area (Å²) < 4.78 is 29.4. The van der Waals surface area contributed by atoms with Gasteiger partial charge in [0.05, 0.1) is 15.6 Å². The highest BCUT2D eigenvalue weighted by atomic mass is 35.5. The molecule has 1 N–H and O–H groups in total. The molecule has 1 amide bonds. The first-order chi connectivity index (χ1) is 12.3. The fourth-order valence-electron chi connectivity index (χ4n) is 1.80. The molecule has 0 aliphatic heterocycles. The van der Waals surface area contributed by atoms with Crippen LogP contribution in [-0.4, -0.2) is 29.2 Å². The Labute approximate surface area is 162 Å². The Morgan fingerprint density at radius 1 is 1.27 bits per heavy atom. The number of anilines is 1.